The van der Waals surface area contributed by atoms with Gasteiger partial charge in [0.2, 0.25) is 5.95 Å². The summed E-state index contributed by atoms with van der Waals surface area (Å²) in [4.78, 5) is 19.8. The van der Waals surface area contributed by atoms with Crippen LogP contribution in [0.4, 0.5) is 11.8 Å². The van der Waals surface area contributed by atoms with Crippen LogP contribution in [0.25, 0.3) is 0 Å². The van der Waals surface area contributed by atoms with Gasteiger partial charge >= 0.3 is 0 Å². The minimum Gasteiger partial charge on any atom is -0.367 e. The van der Waals surface area contributed by atoms with E-state index in [1.165, 1.54) is 18.4 Å². The van der Waals surface area contributed by atoms with Gasteiger partial charge in [-0.1, -0.05) is 0 Å². The SMILES string of the molecule is Cc1cc(NC2CCN(c3ncc(C4CC4)cn3)CC2)ncn1. The first-order chi connectivity index (χ1) is 11.3. The highest BCUT2D eigenvalue weighted by Gasteiger charge is 2.25. The van der Waals surface area contributed by atoms with E-state index >= 15 is 0 Å². The molecular formula is C17H22N6. The van der Waals surface area contributed by atoms with Crippen molar-refractivity contribution in [2.45, 2.75) is 44.6 Å². The number of piperidine rings is 1. The van der Waals surface area contributed by atoms with Crippen LogP contribution < -0.4 is 10.2 Å². The van der Waals surface area contributed by atoms with Crippen LogP contribution in [-0.4, -0.2) is 39.1 Å². The fourth-order valence-corrected chi connectivity index (χ4v) is 3.09. The number of rotatable bonds is 4. The van der Waals surface area contributed by atoms with E-state index in [4.69, 9.17) is 0 Å². The van der Waals surface area contributed by atoms with Gasteiger partial charge in [0, 0.05) is 43.3 Å². The molecule has 0 amide bonds. The predicted molar refractivity (Wildman–Crippen MR) is 89.6 cm³/mol. The standard InChI is InChI=1S/C17H22N6/c1-12-8-16(21-11-20-12)22-15-4-6-23(7-5-15)17-18-9-14(10-19-17)13-2-3-13/h8-11,13,15H,2-7H2,1H3,(H,20,21,22). The van der Waals surface area contributed by atoms with Gasteiger partial charge in [-0.05, 0) is 44.1 Å². The van der Waals surface area contributed by atoms with Gasteiger partial charge in [0.25, 0.3) is 0 Å². The molecule has 0 unspecified atom stereocenters. The maximum absolute atomic E-state index is 4.56. The average Bonchev–Trinajstić information content (AvgIpc) is 3.41. The molecule has 120 valence electrons. The number of aryl methyl sites for hydroxylation is 1. The van der Waals surface area contributed by atoms with Crippen LogP contribution in [0.5, 0.6) is 0 Å². The van der Waals surface area contributed by atoms with Gasteiger partial charge in [0.1, 0.15) is 12.1 Å². The molecule has 2 aromatic heterocycles. The molecule has 2 aromatic rings. The first-order valence-electron chi connectivity index (χ1n) is 8.40. The van der Waals surface area contributed by atoms with Crippen molar-refractivity contribution in [3.63, 3.8) is 0 Å². The van der Waals surface area contributed by atoms with Gasteiger partial charge in [-0.25, -0.2) is 19.9 Å². The fraction of sp³-hybridized carbons (Fsp3) is 0.529. The van der Waals surface area contributed by atoms with Crippen LogP contribution in [0.2, 0.25) is 0 Å². The molecule has 1 N–H and O–H groups in total. The van der Waals surface area contributed by atoms with Crippen molar-refractivity contribution in [2.75, 3.05) is 23.3 Å². The van der Waals surface area contributed by atoms with E-state index < -0.39 is 0 Å². The maximum atomic E-state index is 4.56. The Balaban J connectivity index is 1.33. The summed E-state index contributed by atoms with van der Waals surface area (Å²) < 4.78 is 0. The third kappa shape index (κ3) is 3.41. The van der Waals surface area contributed by atoms with Gasteiger partial charge in [0.05, 0.1) is 0 Å². The molecule has 4 rings (SSSR count). The highest BCUT2D eigenvalue weighted by atomic mass is 15.3. The summed E-state index contributed by atoms with van der Waals surface area (Å²) in [6.45, 7) is 3.94. The van der Waals surface area contributed by atoms with Crippen molar-refractivity contribution in [1.29, 1.82) is 0 Å². The molecule has 6 nitrogen and oxygen atoms in total. The third-order valence-corrected chi connectivity index (χ3v) is 4.64. The molecule has 1 saturated heterocycles. The Morgan fingerprint density at radius 2 is 1.74 bits per heavy atom. The molecule has 1 saturated carbocycles. The lowest BCUT2D eigenvalue weighted by Gasteiger charge is -2.32. The van der Waals surface area contributed by atoms with Crippen LogP contribution in [0.15, 0.2) is 24.8 Å². The van der Waals surface area contributed by atoms with Crippen molar-refractivity contribution in [3.05, 3.63) is 36.0 Å². The Bertz CT molecular complexity index is 659. The van der Waals surface area contributed by atoms with Gasteiger partial charge in [0.15, 0.2) is 0 Å². The van der Waals surface area contributed by atoms with E-state index in [1.54, 1.807) is 6.33 Å². The zero-order valence-corrected chi connectivity index (χ0v) is 13.4. The Labute approximate surface area is 136 Å². The summed E-state index contributed by atoms with van der Waals surface area (Å²) in [5, 5.41) is 3.51. The number of hydrogen-bond donors (Lipinski definition) is 1. The number of nitrogens with one attached hydrogen (secondary N) is 1. The number of nitrogens with zero attached hydrogens (tertiary/aromatic N) is 5. The van der Waals surface area contributed by atoms with Crippen molar-refractivity contribution >= 4 is 11.8 Å². The molecule has 23 heavy (non-hydrogen) atoms. The summed E-state index contributed by atoms with van der Waals surface area (Å²) in [5.41, 5.74) is 2.29. The van der Waals surface area contributed by atoms with Crippen LogP contribution >= 0.6 is 0 Å². The second kappa shape index (κ2) is 6.10. The average molecular weight is 310 g/mol. The minimum atomic E-state index is 0.450. The van der Waals surface area contributed by atoms with E-state index in [-0.39, 0.29) is 0 Å². The maximum Gasteiger partial charge on any atom is 0.225 e. The Morgan fingerprint density at radius 3 is 2.39 bits per heavy atom. The Morgan fingerprint density at radius 1 is 1.00 bits per heavy atom. The number of hydrogen-bond acceptors (Lipinski definition) is 6. The second-order valence-electron chi connectivity index (χ2n) is 6.54. The molecule has 6 heteroatoms. The lowest BCUT2D eigenvalue weighted by atomic mass is 10.1. The zero-order valence-electron chi connectivity index (χ0n) is 13.4. The van der Waals surface area contributed by atoms with Gasteiger partial charge in [-0.3, -0.25) is 0 Å². The normalized spacial score (nSPS) is 18.9. The van der Waals surface area contributed by atoms with E-state index in [9.17, 15) is 0 Å². The molecule has 2 fully saturated rings. The summed E-state index contributed by atoms with van der Waals surface area (Å²) in [6, 6.07) is 2.44. The minimum absolute atomic E-state index is 0.450. The van der Waals surface area contributed by atoms with Crippen molar-refractivity contribution in [2.24, 2.45) is 0 Å². The molecule has 2 aliphatic rings. The van der Waals surface area contributed by atoms with E-state index in [0.29, 0.717) is 6.04 Å². The highest BCUT2D eigenvalue weighted by molar-refractivity contribution is 5.37. The fourth-order valence-electron chi connectivity index (χ4n) is 3.09. The molecule has 0 atom stereocenters. The van der Waals surface area contributed by atoms with E-state index in [1.807, 2.05) is 25.4 Å². The summed E-state index contributed by atoms with van der Waals surface area (Å²) in [5.74, 6) is 2.50. The monoisotopic (exact) mass is 310 g/mol. The predicted octanol–water partition coefficient (Wildman–Crippen LogP) is 2.53. The van der Waals surface area contributed by atoms with Crippen LogP contribution in [0.1, 0.15) is 42.9 Å². The largest absolute Gasteiger partial charge is 0.367 e. The molecule has 3 heterocycles. The van der Waals surface area contributed by atoms with Crippen LogP contribution in [0, 0.1) is 6.92 Å². The molecule has 0 spiro atoms. The Kier molecular flexibility index (Phi) is 3.81. The first-order valence-corrected chi connectivity index (χ1v) is 8.40. The molecular weight excluding hydrogens is 288 g/mol. The summed E-state index contributed by atoms with van der Waals surface area (Å²) in [7, 11) is 0. The molecule has 0 bridgehead atoms. The smallest absolute Gasteiger partial charge is 0.225 e. The van der Waals surface area contributed by atoms with E-state index in [2.05, 4.69) is 30.2 Å². The van der Waals surface area contributed by atoms with Gasteiger partial charge < -0.3 is 10.2 Å². The van der Waals surface area contributed by atoms with Gasteiger partial charge in [-0.2, -0.15) is 0 Å². The van der Waals surface area contributed by atoms with E-state index in [0.717, 1.165) is 49.3 Å². The number of anilines is 2. The molecule has 1 aliphatic heterocycles. The lowest BCUT2D eigenvalue weighted by Crippen LogP contribution is -2.40. The number of aromatic nitrogens is 4. The molecule has 0 radical (unpaired) electrons. The topological polar surface area (TPSA) is 66.8 Å². The summed E-state index contributed by atoms with van der Waals surface area (Å²) >= 11 is 0. The first kappa shape index (κ1) is 14.4. The van der Waals surface area contributed by atoms with Crippen molar-refractivity contribution in [3.8, 4) is 0 Å². The second-order valence-corrected chi connectivity index (χ2v) is 6.54. The van der Waals surface area contributed by atoms with Gasteiger partial charge in [-0.15, -0.1) is 0 Å². The Hall–Kier alpha value is -2.24. The van der Waals surface area contributed by atoms with Crippen LogP contribution in [0.3, 0.4) is 0 Å². The van der Waals surface area contributed by atoms with Crippen LogP contribution in [-0.2, 0) is 0 Å². The quantitative estimate of drug-likeness (QED) is 0.936. The molecule has 1 aliphatic carbocycles. The summed E-state index contributed by atoms with van der Waals surface area (Å²) in [6.07, 6.45) is 10.3. The molecule has 0 aromatic carbocycles. The lowest BCUT2D eigenvalue weighted by molar-refractivity contribution is 0.518. The van der Waals surface area contributed by atoms with Crippen molar-refractivity contribution < 1.29 is 0 Å². The third-order valence-electron chi connectivity index (χ3n) is 4.64. The highest BCUT2D eigenvalue weighted by Crippen LogP contribution is 2.39. The van der Waals surface area contributed by atoms with Crippen molar-refractivity contribution in [1.82, 2.24) is 19.9 Å². The zero-order chi connectivity index (χ0) is 15.6.